The van der Waals surface area contributed by atoms with Gasteiger partial charge in [0.15, 0.2) is 0 Å². The molecule has 0 amide bonds. The van der Waals surface area contributed by atoms with Gasteiger partial charge >= 0.3 is 0 Å². The Bertz CT molecular complexity index is 273. The highest BCUT2D eigenvalue weighted by Crippen LogP contribution is 2.60. The Balaban J connectivity index is 2.27. The second kappa shape index (κ2) is 2.85. The molecule has 0 spiro atoms. The Kier molecular flexibility index (Phi) is 2.08. The predicted molar refractivity (Wildman–Crippen MR) is 61.2 cm³/mol. The summed E-state index contributed by atoms with van der Waals surface area (Å²) in [4.78, 5) is 0. The highest BCUT2D eigenvalue weighted by atomic mass is 14.9. The van der Waals surface area contributed by atoms with E-state index in [1.54, 1.807) is 5.57 Å². The molecule has 0 heterocycles. The molecule has 0 aromatic rings. The summed E-state index contributed by atoms with van der Waals surface area (Å²) in [6, 6.07) is 0. The van der Waals surface area contributed by atoms with Crippen molar-refractivity contribution in [3.8, 4) is 0 Å². The van der Waals surface area contributed by atoms with Crippen LogP contribution >= 0.6 is 0 Å². The molecular formula is C13H23N. The number of hydrogen-bond acceptors (Lipinski definition) is 1. The van der Waals surface area contributed by atoms with Crippen molar-refractivity contribution in [2.75, 3.05) is 7.05 Å². The standard InChI is InChI=1S/C13H23N/c1-12(2)9-6-7-10(11(12)8-9)13(3,4)14-5/h7,9,11,14H,6,8H2,1-5H3. The Morgan fingerprint density at radius 1 is 1.43 bits per heavy atom. The number of hydrogen-bond donors (Lipinski definition) is 1. The van der Waals surface area contributed by atoms with Gasteiger partial charge in [-0.3, -0.25) is 0 Å². The van der Waals surface area contributed by atoms with Crippen LogP contribution in [0.4, 0.5) is 0 Å². The van der Waals surface area contributed by atoms with Crippen molar-refractivity contribution in [3.05, 3.63) is 11.6 Å². The summed E-state index contributed by atoms with van der Waals surface area (Å²) in [6.07, 6.45) is 5.20. The van der Waals surface area contributed by atoms with Crippen LogP contribution in [0.15, 0.2) is 11.6 Å². The van der Waals surface area contributed by atoms with Gasteiger partial charge in [0.05, 0.1) is 0 Å². The van der Waals surface area contributed by atoms with Crippen LogP contribution in [0.2, 0.25) is 0 Å². The first kappa shape index (κ1) is 10.2. The van der Waals surface area contributed by atoms with E-state index >= 15 is 0 Å². The number of nitrogens with one attached hydrogen (secondary N) is 1. The van der Waals surface area contributed by atoms with E-state index in [0.717, 1.165) is 11.8 Å². The molecule has 1 nitrogen and oxygen atoms in total. The molecule has 0 aromatic heterocycles. The van der Waals surface area contributed by atoms with E-state index in [1.807, 2.05) is 0 Å². The first-order valence-electron chi connectivity index (χ1n) is 5.79. The molecule has 1 saturated carbocycles. The third-order valence-corrected chi connectivity index (χ3v) is 4.81. The summed E-state index contributed by atoms with van der Waals surface area (Å²) in [6.45, 7) is 9.47. The molecule has 2 atom stereocenters. The predicted octanol–water partition coefficient (Wildman–Crippen LogP) is 2.98. The molecule has 1 N–H and O–H groups in total. The molecule has 1 heteroatoms. The maximum atomic E-state index is 3.44. The summed E-state index contributed by atoms with van der Waals surface area (Å²) in [5.74, 6) is 1.77. The Morgan fingerprint density at radius 2 is 2.07 bits per heavy atom. The molecule has 0 aliphatic heterocycles. The minimum atomic E-state index is 0.188. The van der Waals surface area contributed by atoms with Crippen molar-refractivity contribution in [2.24, 2.45) is 17.3 Å². The lowest BCUT2D eigenvalue weighted by molar-refractivity contribution is -0.0149. The summed E-state index contributed by atoms with van der Waals surface area (Å²) < 4.78 is 0. The van der Waals surface area contributed by atoms with Gasteiger partial charge in [0, 0.05) is 5.54 Å². The highest BCUT2D eigenvalue weighted by molar-refractivity contribution is 5.30. The zero-order valence-corrected chi connectivity index (χ0v) is 10.1. The molecular weight excluding hydrogens is 170 g/mol. The van der Waals surface area contributed by atoms with Crippen molar-refractivity contribution in [1.82, 2.24) is 5.32 Å². The van der Waals surface area contributed by atoms with Gasteiger partial charge in [0.25, 0.3) is 0 Å². The van der Waals surface area contributed by atoms with E-state index in [-0.39, 0.29) is 5.54 Å². The molecule has 2 bridgehead atoms. The summed E-state index contributed by atoms with van der Waals surface area (Å²) in [5.41, 5.74) is 2.39. The van der Waals surface area contributed by atoms with Crippen molar-refractivity contribution in [2.45, 2.75) is 46.1 Å². The maximum Gasteiger partial charge on any atom is 0.0336 e. The third-order valence-electron chi connectivity index (χ3n) is 4.81. The van der Waals surface area contributed by atoms with E-state index in [4.69, 9.17) is 0 Å². The normalized spacial score (nSPS) is 34.8. The van der Waals surface area contributed by atoms with Gasteiger partial charge in [-0.2, -0.15) is 0 Å². The zero-order valence-electron chi connectivity index (χ0n) is 10.1. The molecule has 3 aliphatic rings. The molecule has 14 heavy (non-hydrogen) atoms. The summed E-state index contributed by atoms with van der Waals surface area (Å²) in [5, 5.41) is 3.44. The zero-order chi connectivity index (χ0) is 10.6. The van der Waals surface area contributed by atoms with E-state index in [1.165, 1.54) is 12.8 Å². The lowest BCUT2D eigenvalue weighted by Gasteiger charge is -2.59. The average Bonchev–Trinajstić information content (AvgIpc) is 2.17. The fraction of sp³-hybridized carbons (Fsp3) is 0.846. The minimum Gasteiger partial charge on any atom is -0.311 e. The highest BCUT2D eigenvalue weighted by Gasteiger charge is 2.53. The fourth-order valence-electron chi connectivity index (χ4n) is 3.19. The molecule has 80 valence electrons. The van der Waals surface area contributed by atoms with Gasteiger partial charge < -0.3 is 5.32 Å². The Labute approximate surface area is 88.0 Å². The van der Waals surface area contributed by atoms with Gasteiger partial charge in [-0.05, 0) is 51.0 Å². The van der Waals surface area contributed by atoms with Crippen LogP contribution in [0, 0.1) is 17.3 Å². The van der Waals surface area contributed by atoms with Gasteiger partial charge in [-0.1, -0.05) is 25.5 Å². The van der Waals surface area contributed by atoms with Crippen molar-refractivity contribution in [3.63, 3.8) is 0 Å². The van der Waals surface area contributed by atoms with Crippen LogP contribution in [0.25, 0.3) is 0 Å². The topological polar surface area (TPSA) is 12.0 Å². The summed E-state index contributed by atoms with van der Waals surface area (Å²) >= 11 is 0. The molecule has 2 unspecified atom stereocenters. The first-order valence-corrected chi connectivity index (χ1v) is 5.79. The number of likely N-dealkylation sites (N-methyl/N-ethyl adjacent to an activating group) is 1. The number of allylic oxidation sites excluding steroid dienone is 1. The average molecular weight is 193 g/mol. The number of fused-ring (bicyclic) bond motifs is 1. The molecule has 0 radical (unpaired) electrons. The Hall–Kier alpha value is -0.300. The molecule has 3 rings (SSSR count). The van der Waals surface area contributed by atoms with Gasteiger partial charge in [0.2, 0.25) is 0 Å². The number of rotatable bonds is 2. The van der Waals surface area contributed by atoms with E-state index < -0.39 is 0 Å². The van der Waals surface area contributed by atoms with E-state index in [0.29, 0.717) is 5.41 Å². The lowest BCUT2D eigenvalue weighted by atomic mass is 9.47. The Morgan fingerprint density at radius 3 is 2.50 bits per heavy atom. The lowest BCUT2D eigenvalue weighted by Crippen LogP contribution is -2.54. The van der Waals surface area contributed by atoms with Gasteiger partial charge in [-0.15, -0.1) is 0 Å². The molecule has 1 fully saturated rings. The van der Waals surface area contributed by atoms with Crippen molar-refractivity contribution in [1.29, 1.82) is 0 Å². The van der Waals surface area contributed by atoms with Gasteiger partial charge in [-0.25, -0.2) is 0 Å². The van der Waals surface area contributed by atoms with Gasteiger partial charge in [0.1, 0.15) is 0 Å². The SMILES string of the molecule is CNC(C)(C)C1=CCC2CC1C2(C)C. The van der Waals surface area contributed by atoms with Crippen LogP contribution in [-0.4, -0.2) is 12.6 Å². The van der Waals surface area contributed by atoms with Crippen molar-refractivity contribution < 1.29 is 0 Å². The van der Waals surface area contributed by atoms with Crippen LogP contribution in [0.1, 0.15) is 40.5 Å². The smallest absolute Gasteiger partial charge is 0.0336 e. The van der Waals surface area contributed by atoms with Crippen LogP contribution in [0.3, 0.4) is 0 Å². The minimum absolute atomic E-state index is 0.188. The molecule has 3 aliphatic carbocycles. The molecule has 0 saturated heterocycles. The summed E-state index contributed by atoms with van der Waals surface area (Å²) in [7, 11) is 2.07. The van der Waals surface area contributed by atoms with Crippen molar-refractivity contribution >= 4 is 0 Å². The first-order chi connectivity index (χ1) is 6.39. The quantitative estimate of drug-likeness (QED) is 0.665. The maximum absolute atomic E-state index is 3.44. The third kappa shape index (κ3) is 1.18. The van der Waals surface area contributed by atoms with Crippen LogP contribution in [0.5, 0.6) is 0 Å². The second-order valence-corrected chi connectivity index (χ2v) is 6.08. The largest absolute Gasteiger partial charge is 0.311 e. The second-order valence-electron chi connectivity index (χ2n) is 6.08. The van der Waals surface area contributed by atoms with Crippen LogP contribution < -0.4 is 5.32 Å². The van der Waals surface area contributed by atoms with E-state index in [2.05, 4.69) is 46.1 Å². The molecule has 0 aromatic carbocycles. The monoisotopic (exact) mass is 193 g/mol. The van der Waals surface area contributed by atoms with E-state index in [9.17, 15) is 0 Å². The fourth-order valence-corrected chi connectivity index (χ4v) is 3.19. The van der Waals surface area contributed by atoms with Crippen LogP contribution in [-0.2, 0) is 0 Å².